The van der Waals surface area contributed by atoms with Crippen LogP contribution in [0.25, 0.3) is 21.8 Å². The summed E-state index contributed by atoms with van der Waals surface area (Å²) in [6.45, 7) is 2.79. The number of carbonyl (C=O) groups is 1. The third-order valence-electron chi connectivity index (χ3n) is 5.08. The van der Waals surface area contributed by atoms with Crippen LogP contribution < -0.4 is 5.73 Å². The van der Waals surface area contributed by atoms with Gasteiger partial charge in [-0.05, 0) is 53.9 Å². The average Bonchev–Trinajstić information content (AvgIpc) is 3.02. The zero-order valence-electron chi connectivity index (χ0n) is 15.7. The van der Waals surface area contributed by atoms with E-state index in [0.29, 0.717) is 17.7 Å². The molecule has 4 aromatic rings. The van der Waals surface area contributed by atoms with Gasteiger partial charge in [-0.2, -0.15) is 5.26 Å². The number of aryl methyl sites for hydroxylation is 1. The maximum atomic E-state index is 12.0. The summed E-state index contributed by atoms with van der Waals surface area (Å²) in [5, 5.41) is 10.8. The van der Waals surface area contributed by atoms with Gasteiger partial charge in [-0.3, -0.25) is 4.79 Å². The minimum Gasteiger partial charge on any atom is -0.366 e. The first kappa shape index (κ1) is 17.8. The Bertz CT molecular complexity index is 1230. The summed E-state index contributed by atoms with van der Waals surface area (Å²) >= 11 is 0. The first-order chi connectivity index (χ1) is 13.6. The Morgan fingerprint density at radius 1 is 1.14 bits per heavy atom. The van der Waals surface area contributed by atoms with Crippen LogP contribution in [0.1, 0.15) is 40.4 Å². The zero-order valence-corrected chi connectivity index (χ0v) is 15.7. The van der Waals surface area contributed by atoms with Crippen LogP contribution in [0.15, 0.2) is 54.6 Å². The first-order valence-corrected chi connectivity index (χ1v) is 9.36. The van der Waals surface area contributed by atoms with Crippen LogP contribution in [0.3, 0.4) is 0 Å². The molecule has 1 heterocycles. The van der Waals surface area contributed by atoms with Gasteiger partial charge in [0, 0.05) is 22.9 Å². The molecule has 0 spiro atoms. The molecule has 0 saturated heterocycles. The minimum absolute atomic E-state index is 0.436. The molecule has 28 heavy (non-hydrogen) atoms. The Morgan fingerprint density at radius 3 is 2.61 bits per heavy atom. The number of carbonyl (C=O) groups excluding carboxylic acids is 1. The largest absolute Gasteiger partial charge is 0.366 e. The van der Waals surface area contributed by atoms with Crippen molar-refractivity contribution >= 4 is 27.7 Å². The lowest BCUT2D eigenvalue weighted by Crippen LogP contribution is -2.11. The molecule has 0 aliphatic carbocycles. The van der Waals surface area contributed by atoms with Gasteiger partial charge < -0.3 is 10.3 Å². The fourth-order valence-electron chi connectivity index (χ4n) is 3.77. The summed E-state index contributed by atoms with van der Waals surface area (Å²) in [7, 11) is 0. The van der Waals surface area contributed by atoms with Gasteiger partial charge >= 0.3 is 0 Å². The Kier molecular flexibility index (Phi) is 4.58. The second kappa shape index (κ2) is 7.21. The number of hydrogen-bond acceptors (Lipinski definition) is 2. The van der Waals surface area contributed by atoms with Crippen LogP contribution in [0, 0.1) is 17.4 Å². The van der Waals surface area contributed by atoms with Crippen LogP contribution in [0.2, 0.25) is 0 Å². The van der Waals surface area contributed by atoms with E-state index in [9.17, 15) is 4.79 Å². The predicted octanol–water partition coefficient (Wildman–Crippen LogP) is 4.57. The maximum Gasteiger partial charge on any atom is 0.249 e. The summed E-state index contributed by atoms with van der Waals surface area (Å²) in [5.74, 6) is -0.436. The molecular formula is C24H20N3O. The predicted molar refractivity (Wildman–Crippen MR) is 111 cm³/mol. The van der Waals surface area contributed by atoms with E-state index < -0.39 is 5.91 Å². The molecule has 0 aliphatic rings. The van der Waals surface area contributed by atoms with Gasteiger partial charge in [-0.15, -0.1) is 0 Å². The number of primary amides is 1. The number of nitriles is 1. The molecule has 2 N–H and O–H groups in total. The number of benzene rings is 3. The summed E-state index contributed by atoms with van der Waals surface area (Å²) in [6, 6.07) is 23.0. The molecule has 4 nitrogen and oxygen atoms in total. The van der Waals surface area contributed by atoms with E-state index in [1.165, 1.54) is 5.56 Å². The number of hydrogen-bond donors (Lipinski definition) is 1. The van der Waals surface area contributed by atoms with Crippen LogP contribution in [-0.4, -0.2) is 10.5 Å². The van der Waals surface area contributed by atoms with Crippen molar-refractivity contribution in [2.24, 2.45) is 5.73 Å². The summed E-state index contributed by atoms with van der Waals surface area (Å²) in [4.78, 5) is 12.0. The second-order valence-corrected chi connectivity index (χ2v) is 6.98. The summed E-state index contributed by atoms with van der Waals surface area (Å²) in [5.41, 5.74) is 11.1. The molecule has 3 aromatic carbocycles. The molecule has 0 atom stereocenters. The molecule has 0 aliphatic heterocycles. The molecule has 1 amide bonds. The van der Waals surface area contributed by atoms with Crippen LogP contribution in [-0.2, 0) is 13.0 Å². The molecular weight excluding hydrogens is 346 g/mol. The number of nitrogens with zero attached hydrogens (tertiary/aromatic N) is 2. The van der Waals surface area contributed by atoms with Gasteiger partial charge in [0.15, 0.2) is 0 Å². The lowest BCUT2D eigenvalue weighted by molar-refractivity contribution is 0.100. The molecule has 4 rings (SSSR count). The lowest BCUT2D eigenvalue weighted by atomic mass is 10.0. The molecule has 4 heteroatoms. The normalized spacial score (nSPS) is 11.0. The van der Waals surface area contributed by atoms with Gasteiger partial charge in [0.05, 0.1) is 22.7 Å². The Labute approximate surface area is 163 Å². The van der Waals surface area contributed by atoms with Crippen molar-refractivity contribution in [1.29, 1.82) is 5.26 Å². The van der Waals surface area contributed by atoms with Crippen molar-refractivity contribution in [1.82, 2.24) is 4.57 Å². The zero-order chi connectivity index (χ0) is 19.7. The van der Waals surface area contributed by atoms with E-state index >= 15 is 0 Å². The summed E-state index contributed by atoms with van der Waals surface area (Å²) in [6.07, 6.45) is 2.04. The van der Waals surface area contributed by atoms with Gasteiger partial charge in [-0.1, -0.05) is 37.6 Å². The highest BCUT2D eigenvalue weighted by Crippen LogP contribution is 2.33. The third kappa shape index (κ3) is 3.01. The monoisotopic (exact) mass is 366 g/mol. The number of nitrogens with two attached hydrogens (primary N) is 1. The highest BCUT2D eigenvalue weighted by atomic mass is 16.1. The van der Waals surface area contributed by atoms with E-state index in [0.717, 1.165) is 40.2 Å². The fourth-order valence-corrected chi connectivity index (χ4v) is 3.77. The van der Waals surface area contributed by atoms with E-state index in [4.69, 9.17) is 11.0 Å². The molecule has 0 bridgehead atoms. The quantitative estimate of drug-likeness (QED) is 0.562. The van der Waals surface area contributed by atoms with Crippen molar-refractivity contribution in [3.63, 3.8) is 0 Å². The van der Waals surface area contributed by atoms with Crippen molar-refractivity contribution in [3.8, 4) is 6.07 Å². The SMILES string of the molecule is CCCc1c[c]c2c3c(C(N)=O)cccc3n(Cc3ccc(C#N)cc3)c2c1. The molecule has 0 unspecified atom stereocenters. The van der Waals surface area contributed by atoms with Crippen molar-refractivity contribution in [3.05, 3.63) is 82.9 Å². The highest BCUT2D eigenvalue weighted by molar-refractivity contribution is 6.17. The topological polar surface area (TPSA) is 71.8 Å². The smallest absolute Gasteiger partial charge is 0.249 e. The van der Waals surface area contributed by atoms with Crippen LogP contribution >= 0.6 is 0 Å². The standard InChI is InChI=1S/C24H20N3O/c1-2-4-16-11-12-19-22(13-16)27(15-18-9-7-17(14-25)8-10-18)21-6-3-5-20(23(19)21)24(26)28/h3,5-11,13H,2,4,15H2,1H3,(H2,26,28). The maximum absolute atomic E-state index is 12.0. The number of aromatic nitrogens is 1. The summed E-state index contributed by atoms with van der Waals surface area (Å²) < 4.78 is 2.20. The number of rotatable bonds is 5. The van der Waals surface area contributed by atoms with Crippen molar-refractivity contribution in [2.75, 3.05) is 0 Å². The average molecular weight is 366 g/mol. The highest BCUT2D eigenvalue weighted by Gasteiger charge is 2.17. The van der Waals surface area contributed by atoms with E-state index in [2.05, 4.69) is 29.7 Å². The van der Waals surface area contributed by atoms with E-state index in [1.807, 2.05) is 42.5 Å². The van der Waals surface area contributed by atoms with Crippen molar-refractivity contribution < 1.29 is 4.79 Å². The Hall–Kier alpha value is -3.58. The van der Waals surface area contributed by atoms with Gasteiger partial charge in [-0.25, -0.2) is 0 Å². The lowest BCUT2D eigenvalue weighted by Gasteiger charge is -2.09. The van der Waals surface area contributed by atoms with Crippen LogP contribution in [0.5, 0.6) is 0 Å². The van der Waals surface area contributed by atoms with Crippen LogP contribution in [0.4, 0.5) is 0 Å². The van der Waals surface area contributed by atoms with Crippen molar-refractivity contribution in [2.45, 2.75) is 26.3 Å². The van der Waals surface area contributed by atoms with E-state index in [-0.39, 0.29) is 0 Å². The first-order valence-electron chi connectivity index (χ1n) is 9.36. The van der Waals surface area contributed by atoms with Gasteiger partial charge in [0.2, 0.25) is 5.91 Å². The minimum atomic E-state index is -0.436. The number of fused-ring (bicyclic) bond motifs is 3. The molecule has 0 fully saturated rings. The number of amides is 1. The molecule has 0 saturated carbocycles. The Morgan fingerprint density at radius 2 is 1.93 bits per heavy atom. The molecule has 1 radical (unpaired) electrons. The molecule has 1 aromatic heterocycles. The second-order valence-electron chi connectivity index (χ2n) is 6.98. The fraction of sp³-hybridized carbons (Fsp3) is 0.167. The Balaban J connectivity index is 1.97. The van der Waals surface area contributed by atoms with Gasteiger partial charge in [0.1, 0.15) is 0 Å². The molecule has 137 valence electrons. The third-order valence-corrected chi connectivity index (χ3v) is 5.08. The van der Waals surface area contributed by atoms with Gasteiger partial charge in [0.25, 0.3) is 0 Å². The van der Waals surface area contributed by atoms with E-state index in [1.54, 1.807) is 6.07 Å².